The van der Waals surface area contributed by atoms with Gasteiger partial charge in [0.2, 0.25) is 0 Å². The lowest BCUT2D eigenvalue weighted by Gasteiger charge is -2.34. The van der Waals surface area contributed by atoms with Crippen molar-refractivity contribution in [3.8, 4) is 0 Å². The lowest BCUT2D eigenvalue weighted by Crippen LogP contribution is -2.53. The number of nitrogens with zero attached hydrogens (tertiary/aromatic N) is 2. The summed E-state index contributed by atoms with van der Waals surface area (Å²) in [6.07, 6.45) is 1.47. The van der Waals surface area contributed by atoms with Crippen molar-refractivity contribution in [3.05, 3.63) is 24.2 Å². The first-order valence-electron chi connectivity index (χ1n) is 7.14. The maximum absolute atomic E-state index is 12.1. The molecule has 1 aromatic rings. The maximum atomic E-state index is 12.1. The van der Waals surface area contributed by atoms with Gasteiger partial charge < -0.3 is 29.0 Å². The van der Waals surface area contributed by atoms with Gasteiger partial charge in [-0.15, -0.1) is 0 Å². The maximum Gasteiger partial charge on any atom is 0.319 e. The van der Waals surface area contributed by atoms with Crippen molar-refractivity contribution in [2.75, 3.05) is 53.2 Å². The van der Waals surface area contributed by atoms with Crippen LogP contribution in [0.1, 0.15) is 10.6 Å². The fourth-order valence-electron chi connectivity index (χ4n) is 2.11. The van der Waals surface area contributed by atoms with E-state index in [9.17, 15) is 9.59 Å². The number of hydrogen-bond acceptors (Lipinski definition) is 5. The Labute approximate surface area is 128 Å². The third kappa shape index (κ3) is 4.47. The average molecular weight is 311 g/mol. The first-order chi connectivity index (χ1) is 10.7. The van der Waals surface area contributed by atoms with E-state index in [0.717, 1.165) is 0 Å². The summed E-state index contributed by atoms with van der Waals surface area (Å²) in [6.45, 7) is 3.00. The van der Waals surface area contributed by atoms with E-state index < -0.39 is 0 Å². The minimum Gasteiger partial charge on any atom is -0.459 e. The number of carbonyl (C=O) groups excluding carboxylic acids is 2. The lowest BCUT2D eigenvalue weighted by molar-refractivity contribution is 0.0552. The van der Waals surface area contributed by atoms with Gasteiger partial charge in [0.05, 0.1) is 19.5 Å². The monoisotopic (exact) mass is 311 g/mol. The van der Waals surface area contributed by atoms with Gasteiger partial charge in [-0.25, -0.2) is 4.79 Å². The number of ether oxygens (including phenoxy) is 2. The molecule has 1 saturated heterocycles. The highest BCUT2D eigenvalue weighted by atomic mass is 16.5. The highest BCUT2D eigenvalue weighted by molar-refractivity contribution is 5.91. The molecule has 0 saturated carbocycles. The Balaban J connectivity index is 1.68. The van der Waals surface area contributed by atoms with Crippen LogP contribution in [0.2, 0.25) is 0 Å². The van der Waals surface area contributed by atoms with Crippen molar-refractivity contribution in [2.24, 2.45) is 0 Å². The average Bonchev–Trinajstić information content (AvgIpc) is 3.08. The summed E-state index contributed by atoms with van der Waals surface area (Å²) in [4.78, 5) is 27.3. The van der Waals surface area contributed by atoms with Crippen molar-refractivity contribution in [1.82, 2.24) is 15.1 Å². The minimum atomic E-state index is -0.192. The van der Waals surface area contributed by atoms with E-state index in [4.69, 9.17) is 13.9 Å². The molecule has 2 rings (SSSR count). The summed E-state index contributed by atoms with van der Waals surface area (Å²) < 4.78 is 15.1. The Hall–Kier alpha value is -2.06. The molecule has 1 aliphatic heterocycles. The van der Waals surface area contributed by atoms with Crippen molar-refractivity contribution in [2.45, 2.75) is 0 Å². The van der Waals surface area contributed by atoms with Crippen molar-refractivity contribution >= 4 is 11.9 Å². The lowest BCUT2D eigenvalue weighted by atomic mass is 10.3. The van der Waals surface area contributed by atoms with Crippen molar-refractivity contribution in [3.63, 3.8) is 0 Å². The zero-order valence-electron chi connectivity index (χ0n) is 12.6. The number of furan rings is 1. The molecular formula is C14H21N3O5. The quantitative estimate of drug-likeness (QED) is 0.606. The summed E-state index contributed by atoms with van der Waals surface area (Å²) in [7, 11) is 1.59. The summed E-state index contributed by atoms with van der Waals surface area (Å²) >= 11 is 0. The van der Waals surface area contributed by atoms with Gasteiger partial charge in [-0.3, -0.25) is 4.79 Å². The standard InChI is InChI=1S/C14H21N3O5/c1-20-9-10-21-11-15-14(19)17-6-4-16(5-7-17)13(18)12-3-2-8-22-12/h2-3,8H,4-7,9-11H2,1H3,(H,15,19). The van der Waals surface area contributed by atoms with Crippen LogP contribution in [0.15, 0.2) is 22.8 Å². The van der Waals surface area contributed by atoms with Gasteiger partial charge in [0.15, 0.2) is 5.76 Å². The van der Waals surface area contributed by atoms with E-state index >= 15 is 0 Å². The molecule has 0 aliphatic carbocycles. The fourth-order valence-corrected chi connectivity index (χ4v) is 2.11. The number of nitrogens with one attached hydrogen (secondary N) is 1. The van der Waals surface area contributed by atoms with Gasteiger partial charge in [-0.1, -0.05) is 0 Å². The number of hydrogen-bond donors (Lipinski definition) is 1. The van der Waals surface area contributed by atoms with Crippen molar-refractivity contribution in [1.29, 1.82) is 0 Å². The van der Waals surface area contributed by atoms with Gasteiger partial charge in [0.1, 0.15) is 6.73 Å². The van der Waals surface area contributed by atoms with E-state index in [1.165, 1.54) is 6.26 Å². The molecule has 3 amide bonds. The Kier molecular flexibility index (Phi) is 6.23. The molecule has 0 atom stereocenters. The second-order valence-corrected chi connectivity index (χ2v) is 4.78. The number of rotatable bonds is 6. The molecule has 2 heterocycles. The predicted molar refractivity (Wildman–Crippen MR) is 77.4 cm³/mol. The topological polar surface area (TPSA) is 84.3 Å². The summed E-state index contributed by atoms with van der Waals surface area (Å²) in [5.74, 6) is 0.178. The molecule has 0 spiro atoms. The molecule has 1 N–H and O–H groups in total. The third-order valence-corrected chi connectivity index (χ3v) is 3.34. The molecule has 22 heavy (non-hydrogen) atoms. The van der Waals surface area contributed by atoms with Crippen LogP contribution >= 0.6 is 0 Å². The molecule has 8 heteroatoms. The zero-order valence-corrected chi connectivity index (χ0v) is 12.6. The number of urea groups is 1. The van der Waals surface area contributed by atoms with Gasteiger partial charge in [0.25, 0.3) is 5.91 Å². The summed E-state index contributed by atoms with van der Waals surface area (Å²) in [5.41, 5.74) is 0. The second kappa shape index (κ2) is 8.40. The van der Waals surface area contributed by atoms with Crippen LogP contribution < -0.4 is 5.32 Å². The molecule has 0 bridgehead atoms. The first kappa shape index (κ1) is 16.3. The van der Waals surface area contributed by atoms with E-state index in [1.54, 1.807) is 29.0 Å². The minimum absolute atomic E-state index is 0.145. The molecule has 0 unspecified atom stereocenters. The van der Waals surface area contributed by atoms with E-state index in [-0.39, 0.29) is 18.7 Å². The normalized spacial score (nSPS) is 15.0. The first-order valence-corrected chi connectivity index (χ1v) is 7.14. The van der Waals surface area contributed by atoms with Crippen LogP contribution in [0.3, 0.4) is 0 Å². The third-order valence-electron chi connectivity index (χ3n) is 3.34. The van der Waals surface area contributed by atoms with Gasteiger partial charge in [0, 0.05) is 33.3 Å². The largest absolute Gasteiger partial charge is 0.459 e. The smallest absolute Gasteiger partial charge is 0.319 e. The Morgan fingerprint density at radius 3 is 2.59 bits per heavy atom. The SMILES string of the molecule is COCCOCNC(=O)N1CCN(C(=O)c2ccco2)CC1. The summed E-state index contributed by atoms with van der Waals surface area (Å²) in [5, 5.41) is 2.67. The molecule has 1 aromatic heterocycles. The van der Waals surface area contributed by atoms with Gasteiger partial charge in [-0.05, 0) is 12.1 Å². The van der Waals surface area contributed by atoms with E-state index in [1.807, 2.05) is 0 Å². The number of piperazine rings is 1. The summed E-state index contributed by atoms with van der Waals surface area (Å²) in [6, 6.07) is 3.13. The van der Waals surface area contributed by atoms with Crippen LogP contribution in [0.4, 0.5) is 4.79 Å². The Morgan fingerprint density at radius 2 is 1.95 bits per heavy atom. The van der Waals surface area contributed by atoms with E-state index in [2.05, 4.69) is 5.32 Å². The second-order valence-electron chi connectivity index (χ2n) is 4.78. The van der Waals surface area contributed by atoms with Crippen molar-refractivity contribution < 1.29 is 23.5 Å². The fraction of sp³-hybridized carbons (Fsp3) is 0.571. The van der Waals surface area contributed by atoms with Crippen LogP contribution in [0, 0.1) is 0 Å². The van der Waals surface area contributed by atoms with Crippen LogP contribution in [0.25, 0.3) is 0 Å². The Morgan fingerprint density at radius 1 is 1.23 bits per heavy atom. The predicted octanol–water partition coefficient (Wildman–Crippen LogP) is 0.368. The number of methoxy groups -OCH3 is 1. The van der Waals surface area contributed by atoms with Gasteiger partial charge in [-0.2, -0.15) is 0 Å². The highest BCUT2D eigenvalue weighted by Crippen LogP contribution is 2.09. The highest BCUT2D eigenvalue weighted by Gasteiger charge is 2.25. The molecule has 0 aromatic carbocycles. The van der Waals surface area contributed by atoms with Gasteiger partial charge >= 0.3 is 6.03 Å². The van der Waals surface area contributed by atoms with Crippen LogP contribution in [0.5, 0.6) is 0 Å². The molecule has 1 aliphatic rings. The molecule has 8 nitrogen and oxygen atoms in total. The molecule has 1 fully saturated rings. The Bertz CT molecular complexity index is 469. The number of carbonyl (C=O) groups is 2. The van der Waals surface area contributed by atoms with Crippen LogP contribution in [-0.2, 0) is 9.47 Å². The molecular weight excluding hydrogens is 290 g/mol. The zero-order chi connectivity index (χ0) is 15.8. The van der Waals surface area contributed by atoms with Crippen LogP contribution in [-0.4, -0.2) is 75.0 Å². The van der Waals surface area contributed by atoms with E-state index in [0.29, 0.717) is 45.2 Å². The molecule has 122 valence electrons. The number of amides is 3. The molecule has 0 radical (unpaired) electrons.